The summed E-state index contributed by atoms with van der Waals surface area (Å²) in [5.74, 6) is 1.66. The topological polar surface area (TPSA) is 88.6 Å². The number of carbonyl (C=O) groups excluding carboxylic acids is 1. The van der Waals surface area contributed by atoms with Crippen molar-refractivity contribution < 1.29 is 17.9 Å². The fourth-order valence-corrected chi connectivity index (χ4v) is 5.81. The number of ketones is 1. The van der Waals surface area contributed by atoms with Crippen LogP contribution in [0.4, 0.5) is 0 Å². The van der Waals surface area contributed by atoms with Crippen molar-refractivity contribution in [3.8, 4) is 5.75 Å². The third-order valence-electron chi connectivity index (χ3n) is 6.53. The maximum absolute atomic E-state index is 13.0. The molecule has 8 heteroatoms. The molecule has 1 atom stereocenters. The van der Waals surface area contributed by atoms with Crippen LogP contribution in [-0.4, -0.2) is 43.9 Å². The van der Waals surface area contributed by atoms with Gasteiger partial charge in [0.1, 0.15) is 10.6 Å². The van der Waals surface area contributed by atoms with Crippen LogP contribution >= 0.6 is 0 Å². The number of para-hydroxylation sites is 1. The highest BCUT2D eigenvalue weighted by Crippen LogP contribution is 2.33. The van der Waals surface area contributed by atoms with Crippen LogP contribution in [0.5, 0.6) is 5.75 Å². The van der Waals surface area contributed by atoms with Gasteiger partial charge in [0, 0.05) is 36.2 Å². The molecule has 7 nitrogen and oxygen atoms in total. The second-order valence-electron chi connectivity index (χ2n) is 9.18. The molecule has 1 aromatic heterocycles. The number of hydrogen-bond donors (Lipinski definition) is 1. The van der Waals surface area contributed by atoms with Crippen LogP contribution < -0.4 is 9.57 Å². The number of Topliss-reactive ketones (excluding diaryl/α,β-unsaturated/α-hetero) is 1. The summed E-state index contributed by atoms with van der Waals surface area (Å²) in [4.78, 5) is 19.3. The minimum Gasteiger partial charge on any atom is -0.494 e. The maximum Gasteiger partial charge on any atom is 0.255 e. The van der Waals surface area contributed by atoms with E-state index in [1.807, 2.05) is 36.4 Å². The molecule has 5 rings (SSSR count). The van der Waals surface area contributed by atoms with E-state index in [1.54, 1.807) is 29.4 Å². The highest BCUT2D eigenvalue weighted by Gasteiger charge is 2.30. The number of nitrogens with zero attached hydrogens (tertiary/aromatic N) is 2. The van der Waals surface area contributed by atoms with E-state index in [0.717, 1.165) is 48.8 Å². The number of benzene rings is 2. The molecule has 2 aromatic carbocycles. The number of carbonyl (C=O) groups is 1. The van der Waals surface area contributed by atoms with E-state index in [2.05, 4.69) is 9.82 Å². The molecule has 1 N–H and O–H groups in total. The van der Waals surface area contributed by atoms with Crippen molar-refractivity contribution in [2.75, 3.05) is 19.7 Å². The van der Waals surface area contributed by atoms with Gasteiger partial charge < -0.3 is 4.74 Å². The van der Waals surface area contributed by atoms with Crippen molar-refractivity contribution in [2.45, 2.75) is 37.0 Å². The van der Waals surface area contributed by atoms with Crippen molar-refractivity contribution in [2.24, 2.45) is 11.8 Å². The van der Waals surface area contributed by atoms with Crippen LogP contribution in [0.3, 0.4) is 0 Å². The lowest BCUT2D eigenvalue weighted by molar-refractivity contribution is 0.0967. The molecule has 34 heavy (non-hydrogen) atoms. The molecule has 2 heterocycles. The number of aromatic nitrogens is 1. The van der Waals surface area contributed by atoms with Crippen LogP contribution in [0, 0.1) is 11.8 Å². The van der Waals surface area contributed by atoms with E-state index >= 15 is 0 Å². The van der Waals surface area contributed by atoms with Crippen molar-refractivity contribution in [3.05, 3.63) is 66.4 Å². The molecular weight excluding hydrogens is 450 g/mol. The summed E-state index contributed by atoms with van der Waals surface area (Å²) in [7, 11) is -3.70. The van der Waals surface area contributed by atoms with Gasteiger partial charge >= 0.3 is 0 Å². The zero-order valence-electron chi connectivity index (χ0n) is 19.0. The smallest absolute Gasteiger partial charge is 0.255 e. The van der Waals surface area contributed by atoms with E-state index < -0.39 is 10.0 Å². The number of nitrogens with one attached hydrogen (secondary N) is 1. The Hall–Kier alpha value is -2.81. The van der Waals surface area contributed by atoms with Gasteiger partial charge in [-0.1, -0.05) is 18.2 Å². The van der Waals surface area contributed by atoms with Gasteiger partial charge in [-0.15, -0.1) is 4.83 Å². The van der Waals surface area contributed by atoms with Crippen molar-refractivity contribution >= 4 is 26.7 Å². The quantitative estimate of drug-likeness (QED) is 0.346. The molecule has 0 amide bonds. The average Bonchev–Trinajstić information content (AvgIpc) is 3.61. The monoisotopic (exact) mass is 479 g/mol. The van der Waals surface area contributed by atoms with Gasteiger partial charge in [0.15, 0.2) is 5.78 Å². The summed E-state index contributed by atoms with van der Waals surface area (Å²) in [5, 5.41) is 2.59. The summed E-state index contributed by atoms with van der Waals surface area (Å²) < 4.78 is 31.8. The Morgan fingerprint density at radius 3 is 2.65 bits per heavy atom. The lowest BCUT2D eigenvalue weighted by Crippen LogP contribution is -2.40. The normalized spacial score (nSPS) is 18.9. The molecule has 0 bridgehead atoms. The number of fused-ring (bicyclic) bond motifs is 1. The largest absolute Gasteiger partial charge is 0.494 e. The van der Waals surface area contributed by atoms with E-state index in [-0.39, 0.29) is 16.6 Å². The zero-order valence-corrected chi connectivity index (χ0v) is 19.8. The van der Waals surface area contributed by atoms with Gasteiger partial charge in [0.2, 0.25) is 0 Å². The Bertz CT molecular complexity index is 1270. The lowest BCUT2D eigenvalue weighted by atomic mass is 10.0. The van der Waals surface area contributed by atoms with Gasteiger partial charge in [-0.05, 0) is 74.4 Å². The predicted octanol–water partition coefficient (Wildman–Crippen LogP) is 4.20. The van der Waals surface area contributed by atoms with Crippen molar-refractivity contribution in [1.29, 1.82) is 0 Å². The number of pyridine rings is 1. The number of hydrazine groups is 1. The maximum atomic E-state index is 13.0. The Kier molecular flexibility index (Phi) is 6.63. The first kappa shape index (κ1) is 23.0. The van der Waals surface area contributed by atoms with Crippen LogP contribution in [0.2, 0.25) is 0 Å². The first-order valence-corrected chi connectivity index (χ1v) is 13.4. The van der Waals surface area contributed by atoms with Gasteiger partial charge in [-0.2, -0.15) is 0 Å². The summed E-state index contributed by atoms with van der Waals surface area (Å²) in [6.07, 6.45) is 6.42. The average molecular weight is 480 g/mol. The molecule has 3 aromatic rings. The number of hydrogen-bond acceptors (Lipinski definition) is 6. The Morgan fingerprint density at radius 2 is 1.85 bits per heavy atom. The number of rotatable bonds is 10. The first-order valence-electron chi connectivity index (χ1n) is 11.9. The van der Waals surface area contributed by atoms with Gasteiger partial charge in [0.25, 0.3) is 10.0 Å². The molecule has 2 fully saturated rings. The third-order valence-corrected chi connectivity index (χ3v) is 7.94. The number of ether oxygens (including phenoxy) is 1. The minimum atomic E-state index is -3.70. The Balaban J connectivity index is 1.08. The van der Waals surface area contributed by atoms with Crippen LogP contribution in [0.25, 0.3) is 10.9 Å². The highest BCUT2D eigenvalue weighted by molar-refractivity contribution is 7.89. The van der Waals surface area contributed by atoms with Crippen LogP contribution in [0.15, 0.2) is 65.7 Å². The Morgan fingerprint density at radius 1 is 1.06 bits per heavy atom. The second-order valence-corrected chi connectivity index (χ2v) is 10.8. The van der Waals surface area contributed by atoms with Crippen molar-refractivity contribution in [1.82, 2.24) is 14.8 Å². The minimum absolute atomic E-state index is 0.201. The molecule has 0 unspecified atom stereocenters. The summed E-state index contributed by atoms with van der Waals surface area (Å²) >= 11 is 0. The van der Waals surface area contributed by atoms with Gasteiger partial charge in [0.05, 0.1) is 12.1 Å². The zero-order chi connectivity index (χ0) is 23.5. The molecule has 0 spiro atoms. The second kappa shape index (κ2) is 9.82. The fraction of sp³-hybridized carbons (Fsp3) is 0.385. The van der Waals surface area contributed by atoms with Crippen LogP contribution in [0.1, 0.15) is 42.5 Å². The van der Waals surface area contributed by atoms with E-state index in [4.69, 9.17) is 4.74 Å². The van der Waals surface area contributed by atoms with Gasteiger partial charge in [-0.3, -0.25) is 9.78 Å². The van der Waals surface area contributed by atoms with Crippen LogP contribution in [-0.2, 0) is 10.0 Å². The summed E-state index contributed by atoms with van der Waals surface area (Å²) in [6, 6.07) is 16.3. The van der Waals surface area contributed by atoms with E-state index in [1.165, 1.54) is 0 Å². The summed E-state index contributed by atoms with van der Waals surface area (Å²) in [6.45, 7) is 1.95. The fourth-order valence-electron chi connectivity index (χ4n) is 4.52. The van der Waals surface area contributed by atoms with E-state index in [9.17, 15) is 13.2 Å². The SMILES string of the molecule is O=C(c1ccc(OCCC[C@@H]2CCN(NS(=O)(=O)c3cccc4cccnc34)C2)cc1)C1CC1. The van der Waals surface area contributed by atoms with Crippen molar-refractivity contribution in [3.63, 3.8) is 0 Å². The first-order chi connectivity index (χ1) is 16.5. The molecule has 1 saturated carbocycles. The van der Waals surface area contributed by atoms with E-state index in [0.29, 0.717) is 31.1 Å². The molecule has 0 radical (unpaired) electrons. The molecule has 2 aliphatic rings. The molecular formula is C26H29N3O4S. The lowest BCUT2D eigenvalue weighted by Gasteiger charge is -2.18. The third kappa shape index (κ3) is 5.29. The standard InChI is InChI=1S/C26H29N3O4S/c30-26(21-8-9-21)22-10-12-23(13-11-22)33-17-3-4-19-14-16-29(18-19)28-34(31,32)24-7-1-5-20-6-2-15-27-25(20)24/h1-2,5-7,10-13,15,19,21,28H,3-4,8-9,14,16-18H2/t19-/m1/s1. The number of sulfonamides is 1. The molecule has 1 saturated heterocycles. The molecule has 1 aliphatic heterocycles. The molecule has 1 aliphatic carbocycles. The predicted molar refractivity (Wildman–Crippen MR) is 130 cm³/mol. The Labute approximate surface area is 200 Å². The summed E-state index contributed by atoms with van der Waals surface area (Å²) in [5.41, 5.74) is 1.25. The van der Waals surface area contributed by atoms with Gasteiger partial charge in [-0.25, -0.2) is 13.4 Å². The molecule has 178 valence electrons. The highest BCUT2D eigenvalue weighted by atomic mass is 32.2.